The van der Waals surface area contributed by atoms with Gasteiger partial charge in [0.15, 0.2) is 5.69 Å². The molecule has 0 saturated heterocycles. The molecular weight excluding hydrogens is 273 g/mol. The van der Waals surface area contributed by atoms with E-state index in [-0.39, 0.29) is 5.69 Å². The van der Waals surface area contributed by atoms with Crippen LogP contribution in [0.15, 0.2) is 30.5 Å². The third-order valence-corrected chi connectivity index (χ3v) is 2.66. The molecule has 1 aromatic heterocycles. The number of carbonyl (C=O) groups excluding carboxylic acids is 1. The lowest BCUT2D eigenvalue weighted by Gasteiger charge is -2.12. The van der Waals surface area contributed by atoms with Crippen LogP contribution in [0.5, 0.6) is 0 Å². The molecule has 0 aliphatic carbocycles. The molecule has 2 aromatic rings. The summed E-state index contributed by atoms with van der Waals surface area (Å²) < 4.78 is 40.1. The van der Waals surface area contributed by atoms with E-state index in [0.29, 0.717) is 4.68 Å². The third-order valence-electron chi connectivity index (χ3n) is 2.66. The molecule has 0 radical (unpaired) electrons. The van der Waals surface area contributed by atoms with Crippen molar-refractivity contribution in [2.45, 2.75) is 13.1 Å². The molecule has 0 aliphatic rings. The molecule has 0 aliphatic heterocycles. The predicted octanol–water partition coefficient (Wildman–Crippen LogP) is 1.80. The first kappa shape index (κ1) is 14.1. The summed E-state index contributed by atoms with van der Waals surface area (Å²) in [5.74, 6) is 3.84. The molecule has 0 fully saturated rings. The highest BCUT2D eigenvalue weighted by molar-refractivity contribution is 5.95. The minimum Gasteiger partial charge on any atom is -0.290 e. The molecule has 8 heteroatoms. The van der Waals surface area contributed by atoms with Crippen molar-refractivity contribution in [3.05, 3.63) is 47.3 Å². The number of benzene rings is 1. The molecule has 1 heterocycles. The number of aryl methyl sites for hydroxylation is 1. The monoisotopic (exact) mass is 284 g/mol. The number of hydrogen-bond acceptors (Lipinski definition) is 3. The van der Waals surface area contributed by atoms with Crippen LogP contribution in [0.1, 0.15) is 21.6 Å². The molecule has 5 nitrogen and oxygen atoms in total. The molecule has 20 heavy (non-hydrogen) atoms. The average Bonchev–Trinajstić information content (AvgIpc) is 2.82. The standard InChI is InChI=1S/C12H11F3N4O/c1-7-3-2-4-8(5-7)19-10(12(13,14)15)9(6-17-19)11(20)18-16/h2-6H,16H2,1H3,(H,18,20). The average molecular weight is 284 g/mol. The Labute approximate surface area is 112 Å². The van der Waals surface area contributed by atoms with Crippen molar-refractivity contribution >= 4 is 5.91 Å². The summed E-state index contributed by atoms with van der Waals surface area (Å²) in [6.45, 7) is 1.74. The fraction of sp³-hybridized carbons (Fsp3) is 0.167. The van der Waals surface area contributed by atoms with Gasteiger partial charge in [-0.05, 0) is 24.6 Å². The van der Waals surface area contributed by atoms with Gasteiger partial charge < -0.3 is 0 Å². The number of nitrogens with two attached hydrogens (primary N) is 1. The topological polar surface area (TPSA) is 72.9 Å². The molecule has 0 unspecified atom stereocenters. The summed E-state index contributed by atoms with van der Waals surface area (Å²) >= 11 is 0. The van der Waals surface area contributed by atoms with Crippen LogP contribution in [0.3, 0.4) is 0 Å². The highest BCUT2D eigenvalue weighted by atomic mass is 19.4. The van der Waals surface area contributed by atoms with Gasteiger partial charge in [-0.3, -0.25) is 10.2 Å². The quantitative estimate of drug-likeness (QED) is 0.502. The van der Waals surface area contributed by atoms with E-state index in [9.17, 15) is 18.0 Å². The molecular formula is C12H11F3N4O. The smallest absolute Gasteiger partial charge is 0.290 e. The number of aromatic nitrogens is 2. The van der Waals surface area contributed by atoms with E-state index in [4.69, 9.17) is 5.84 Å². The number of carbonyl (C=O) groups is 1. The van der Waals surface area contributed by atoms with Gasteiger partial charge in [-0.1, -0.05) is 12.1 Å². The van der Waals surface area contributed by atoms with E-state index in [1.165, 1.54) is 12.1 Å². The number of alkyl halides is 3. The van der Waals surface area contributed by atoms with Crippen molar-refractivity contribution in [3.63, 3.8) is 0 Å². The first-order valence-electron chi connectivity index (χ1n) is 5.58. The summed E-state index contributed by atoms with van der Waals surface area (Å²) in [5, 5.41) is 3.64. The molecule has 1 aromatic carbocycles. The minimum absolute atomic E-state index is 0.216. The van der Waals surface area contributed by atoms with Gasteiger partial charge in [0, 0.05) is 0 Å². The molecule has 0 atom stereocenters. The second-order valence-corrected chi connectivity index (χ2v) is 4.13. The summed E-state index contributed by atoms with van der Waals surface area (Å²) in [6, 6.07) is 6.36. The van der Waals surface area contributed by atoms with Gasteiger partial charge in [0.05, 0.1) is 17.4 Å². The van der Waals surface area contributed by atoms with Crippen molar-refractivity contribution in [3.8, 4) is 5.69 Å². The zero-order chi connectivity index (χ0) is 14.9. The lowest BCUT2D eigenvalue weighted by molar-refractivity contribution is -0.143. The molecule has 0 spiro atoms. The van der Waals surface area contributed by atoms with E-state index in [1.54, 1.807) is 24.5 Å². The van der Waals surface area contributed by atoms with E-state index >= 15 is 0 Å². The molecule has 106 valence electrons. The summed E-state index contributed by atoms with van der Waals surface area (Å²) in [6.07, 6.45) is -3.89. The molecule has 3 N–H and O–H groups in total. The number of nitrogens with zero attached hydrogens (tertiary/aromatic N) is 2. The predicted molar refractivity (Wildman–Crippen MR) is 65.0 cm³/mol. The Bertz CT molecular complexity index is 648. The van der Waals surface area contributed by atoms with Crippen LogP contribution >= 0.6 is 0 Å². The van der Waals surface area contributed by atoms with Crippen molar-refractivity contribution < 1.29 is 18.0 Å². The van der Waals surface area contributed by atoms with Crippen LogP contribution < -0.4 is 11.3 Å². The van der Waals surface area contributed by atoms with Gasteiger partial charge in [0.2, 0.25) is 0 Å². The number of rotatable bonds is 2. The van der Waals surface area contributed by atoms with Crippen LogP contribution in [-0.2, 0) is 6.18 Å². The van der Waals surface area contributed by atoms with Crippen molar-refractivity contribution in [2.24, 2.45) is 5.84 Å². The Kier molecular flexibility index (Phi) is 3.49. The van der Waals surface area contributed by atoms with Gasteiger partial charge in [-0.2, -0.15) is 18.3 Å². The van der Waals surface area contributed by atoms with Crippen LogP contribution in [0, 0.1) is 6.92 Å². The van der Waals surface area contributed by atoms with Crippen LogP contribution in [0.4, 0.5) is 13.2 Å². The fourth-order valence-electron chi connectivity index (χ4n) is 1.82. The van der Waals surface area contributed by atoms with Crippen molar-refractivity contribution in [2.75, 3.05) is 0 Å². The fourth-order valence-corrected chi connectivity index (χ4v) is 1.82. The van der Waals surface area contributed by atoms with E-state index < -0.39 is 23.3 Å². The van der Waals surface area contributed by atoms with Gasteiger partial charge in [0.1, 0.15) is 0 Å². The maximum Gasteiger partial charge on any atom is 0.434 e. The lowest BCUT2D eigenvalue weighted by Crippen LogP contribution is -2.31. The van der Waals surface area contributed by atoms with E-state index in [0.717, 1.165) is 11.8 Å². The summed E-state index contributed by atoms with van der Waals surface area (Å²) in [4.78, 5) is 11.4. The van der Waals surface area contributed by atoms with Crippen LogP contribution in [-0.4, -0.2) is 15.7 Å². The van der Waals surface area contributed by atoms with Gasteiger partial charge in [0.25, 0.3) is 5.91 Å². The Hall–Kier alpha value is -2.35. The second kappa shape index (κ2) is 4.97. The molecule has 0 bridgehead atoms. The van der Waals surface area contributed by atoms with Gasteiger partial charge >= 0.3 is 6.18 Å². The highest BCUT2D eigenvalue weighted by Crippen LogP contribution is 2.33. The zero-order valence-electron chi connectivity index (χ0n) is 10.4. The number of nitrogen functional groups attached to an aromatic ring is 1. The number of hydrazine groups is 1. The largest absolute Gasteiger partial charge is 0.434 e. The van der Waals surface area contributed by atoms with Crippen molar-refractivity contribution in [1.82, 2.24) is 15.2 Å². The molecule has 2 rings (SSSR count). The highest BCUT2D eigenvalue weighted by Gasteiger charge is 2.40. The Morgan fingerprint density at radius 2 is 2.10 bits per heavy atom. The van der Waals surface area contributed by atoms with Crippen molar-refractivity contribution in [1.29, 1.82) is 0 Å². The van der Waals surface area contributed by atoms with Crippen LogP contribution in [0.25, 0.3) is 5.69 Å². The van der Waals surface area contributed by atoms with Gasteiger partial charge in [-0.25, -0.2) is 10.5 Å². The summed E-state index contributed by atoms with van der Waals surface area (Å²) in [7, 11) is 0. The Morgan fingerprint density at radius 3 is 2.65 bits per heavy atom. The first-order chi connectivity index (χ1) is 9.34. The number of hydrogen-bond donors (Lipinski definition) is 2. The first-order valence-corrected chi connectivity index (χ1v) is 5.58. The minimum atomic E-state index is -4.73. The third kappa shape index (κ3) is 2.50. The maximum absolute atomic E-state index is 13.1. The molecule has 1 amide bonds. The molecule has 0 saturated carbocycles. The SMILES string of the molecule is Cc1cccc(-n2ncc(C(=O)NN)c2C(F)(F)F)c1. The maximum atomic E-state index is 13.1. The lowest BCUT2D eigenvalue weighted by atomic mass is 10.2. The Balaban J connectivity index is 2.66. The number of amides is 1. The van der Waals surface area contributed by atoms with E-state index in [2.05, 4.69) is 5.10 Å². The van der Waals surface area contributed by atoms with Crippen LogP contribution in [0.2, 0.25) is 0 Å². The normalized spacial score (nSPS) is 11.4. The number of nitrogens with one attached hydrogen (secondary N) is 1. The summed E-state index contributed by atoms with van der Waals surface area (Å²) in [5.41, 5.74) is 0.883. The number of halogens is 3. The second-order valence-electron chi connectivity index (χ2n) is 4.13. The zero-order valence-corrected chi connectivity index (χ0v) is 10.4. The Morgan fingerprint density at radius 1 is 1.40 bits per heavy atom. The van der Waals surface area contributed by atoms with E-state index in [1.807, 2.05) is 0 Å². The van der Waals surface area contributed by atoms with Gasteiger partial charge in [-0.15, -0.1) is 0 Å².